The van der Waals surface area contributed by atoms with Gasteiger partial charge >= 0.3 is 7.12 Å². The molecule has 2 atom stereocenters. The summed E-state index contributed by atoms with van der Waals surface area (Å²) < 4.78 is 12.4. The molecule has 8 nitrogen and oxygen atoms in total. The van der Waals surface area contributed by atoms with Gasteiger partial charge in [-0.25, -0.2) is 0 Å². The van der Waals surface area contributed by atoms with E-state index in [9.17, 15) is 20.2 Å². The molecule has 0 saturated carbocycles. The Morgan fingerprint density at radius 3 is 1.66 bits per heavy atom. The lowest BCUT2D eigenvalue weighted by Crippen LogP contribution is -2.43. The largest absolute Gasteiger partial charge is 0.494 e. The normalized spacial score (nSPS) is 18.4. The highest BCUT2D eigenvalue weighted by atomic mass is 16.6. The minimum atomic E-state index is -0.836. The topological polar surface area (TPSA) is 105 Å². The van der Waals surface area contributed by atoms with Gasteiger partial charge in [0, 0.05) is 18.6 Å². The van der Waals surface area contributed by atoms with Gasteiger partial charge in [-0.2, -0.15) is 0 Å². The number of nitro benzene ring substituents is 2. The van der Waals surface area contributed by atoms with Crippen LogP contribution in [0.15, 0.2) is 66.7 Å². The molecule has 0 aliphatic carbocycles. The van der Waals surface area contributed by atoms with Gasteiger partial charge in [0.25, 0.3) is 11.4 Å². The molecule has 0 N–H and O–H groups in total. The minimum Gasteiger partial charge on any atom is -0.400 e. The third kappa shape index (κ3) is 4.39. The number of nitrogens with zero attached hydrogens (tertiary/aromatic N) is 2. The van der Waals surface area contributed by atoms with Crippen LogP contribution in [-0.2, 0) is 9.31 Å². The van der Waals surface area contributed by atoms with Gasteiger partial charge in [-0.3, -0.25) is 20.2 Å². The lowest BCUT2D eigenvalue weighted by atomic mass is 9.74. The van der Waals surface area contributed by atoms with Crippen molar-refractivity contribution in [1.29, 1.82) is 0 Å². The molecule has 4 rings (SSSR count). The summed E-state index contributed by atoms with van der Waals surface area (Å²) in [5, 5.41) is 23.3. The van der Waals surface area contributed by atoms with Crippen LogP contribution in [0.3, 0.4) is 0 Å². The van der Waals surface area contributed by atoms with Crippen molar-refractivity contribution in [3.8, 4) is 0 Å². The van der Waals surface area contributed by atoms with E-state index in [1.807, 2.05) is 32.0 Å². The molecule has 1 aliphatic rings. The fraction of sp³-hybridized carbons (Fsp3) is 0.217. The maximum atomic E-state index is 11.6. The summed E-state index contributed by atoms with van der Waals surface area (Å²) in [7, 11) is -0.836. The number of hydrogen-bond acceptors (Lipinski definition) is 6. The molecule has 1 heterocycles. The average Bonchev–Trinajstić information content (AvgIpc) is 2.78. The fourth-order valence-corrected chi connectivity index (χ4v) is 4.19. The van der Waals surface area contributed by atoms with E-state index in [1.54, 1.807) is 36.4 Å². The van der Waals surface area contributed by atoms with Crippen molar-refractivity contribution < 1.29 is 19.2 Å². The summed E-state index contributed by atoms with van der Waals surface area (Å²) >= 11 is 0. The lowest BCUT2D eigenvalue weighted by Gasteiger charge is -2.34. The van der Waals surface area contributed by atoms with Crippen molar-refractivity contribution in [3.05, 3.63) is 109 Å². The van der Waals surface area contributed by atoms with E-state index in [0.717, 1.165) is 16.6 Å². The third-order valence-corrected chi connectivity index (χ3v) is 5.48. The van der Waals surface area contributed by atoms with Gasteiger partial charge < -0.3 is 9.31 Å². The summed E-state index contributed by atoms with van der Waals surface area (Å²) in [5.74, 6) is 0. The Labute approximate surface area is 185 Å². The predicted molar refractivity (Wildman–Crippen MR) is 120 cm³/mol. The molecule has 1 saturated heterocycles. The Kier molecular flexibility index (Phi) is 6.02. The molecule has 32 heavy (non-hydrogen) atoms. The Bertz CT molecular complexity index is 1100. The van der Waals surface area contributed by atoms with Gasteiger partial charge in [-0.05, 0) is 31.4 Å². The molecule has 162 valence electrons. The standard InChI is InChI=1S/C23H21BN2O6/c1-15-11-16(2)13-17(12-15)24-31-22(18-7-3-5-9-20(18)25(27)28)14-23(32-24)19-8-4-6-10-21(19)26(29)30/h3-13,22-23H,14H2,1-2H3. The summed E-state index contributed by atoms with van der Waals surface area (Å²) in [6.07, 6.45) is -1.15. The van der Waals surface area contributed by atoms with E-state index >= 15 is 0 Å². The van der Waals surface area contributed by atoms with Gasteiger partial charge in [0.05, 0.1) is 33.2 Å². The first-order valence-electron chi connectivity index (χ1n) is 10.2. The number of benzene rings is 3. The molecular weight excluding hydrogens is 411 g/mol. The van der Waals surface area contributed by atoms with Gasteiger partial charge in [0.2, 0.25) is 0 Å². The van der Waals surface area contributed by atoms with Crippen LogP contribution in [0.4, 0.5) is 11.4 Å². The van der Waals surface area contributed by atoms with Crippen LogP contribution < -0.4 is 5.46 Å². The maximum Gasteiger partial charge on any atom is 0.494 e. The van der Waals surface area contributed by atoms with E-state index in [2.05, 4.69) is 0 Å². The Hall–Kier alpha value is -3.56. The monoisotopic (exact) mass is 432 g/mol. The van der Waals surface area contributed by atoms with E-state index in [0.29, 0.717) is 11.1 Å². The molecule has 1 fully saturated rings. The fourth-order valence-electron chi connectivity index (χ4n) is 4.19. The number of nitro groups is 2. The Morgan fingerprint density at radius 2 is 1.22 bits per heavy atom. The first-order chi connectivity index (χ1) is 15.3. The van der Waals surface area contributed by atoms with Crippen molar-refractivity contribution in [2.75, 3.05) is 0 Å². The Balaban J connectivity index is 1.80. The zero-order valence-electron chi connectivity index (χ0n) is 17.6. The second kappa shape index (κ2) is 8.90. The van der Waals surface area contributed by atoms with E-state index in [1.165, 1.54) is 12.1 Å². The van der Waals surface area contributed by atoms with Gasteiger partial charge in [0.1, 0.15) is 0 Å². The molecule has 0 radical (unpaired) electrons. The summed E-state index contributed by atoms with van der Waals surface area (Å²) in [4.78, 5) is 22.4. The first kappa shape index (κ1) is 21.7. The van der Waals surface area contributed by atoms with Crippen molar-refractivity contribution in [1.82, 2.24) is 0 Å². The number of aryl methyl sites for hydroxylation is 2. The van der Waals surface area contributed by atoms with E-state index < -0.39 is 29.2 Å². The maximum absolute atomic E-state index is 11.6. The van der Waals surface area contributed by atoms with Crippen LogP contribution in [0, 0.1) is 34.1 Å². The molecule has 0 amide bonds. The highest BCUT2D eigenvalue weighted by Crippen LogP contribution is 2.42. The molecule has 0 bridgehead atoms. The molecule has 3 aromatic rings. The molecule has 2 unspecified atom stereocenters. The van der Waals surface area contributed by atoms with Crippen molar-refractivity contribution >= 4 is 24.0 Å². The summed E-state index contributed by atoms with van der Waals surface area (Å²) in [6.45, 7) is 3.91. The van der Waals surface area contributed by atoms with Crippen molar-refractivity contribution in [2.24, 2.45) is 0 Å². The summed E-state index contributed by atoms with van der Waals surface area (Å²) in [6, 6.07) is 18.7. The number of para-hydroxylation sites is 2. The number of rotatable bonds is 5. The quantitative estimate of drug-likeness (QED) is 0.328. The second-order valence-corrected chi connectivity index (χ2v) is 7.87. The zero-order chi connectivity index (χ0) is 22.8. The zero-order valence-corrected chi connectivity index (χ0v) is 17.6. The molecular formula is C23H21BN2O6. The van der Waals surface area contributed by atoms with Crippen LogP contribution in [0.25, 0.3) is 0 Å². The minimum absolute atomic E-state index is 0.0557. The molecule has 0 spiro atoms. The predicted octanol–water partition coefficient (Wildman–Crippen LogP) is 4.73. The average molecular weight is 432 g/mol. The van der Waals surface area contributed by atoms with Crippen LogP contribution >= 0.6 is 0 Å². The van der Waals surface area contributed by atoms with Gasteiger partial charge in [-0.1, -0.05) is 53.6 Å². The van der Waals surface area contributed by atoms with Crippen molar-refractivity contribution in [3.63, 3.8) is 0 Å². The van der Waals surface area contributed by atoms with Crippen LogP contribution in [0.1, 0.15) is 40.9 Å². The van der Waals surface area contributed by atoms with Crippen LogP contribution in [-0.4, -0.2) is 17.0 Å². The van der Waals surface area contributed by atoms with Crippen molar-refractivity contribution in [2.45, 2.75) is 32.5 Å². The van der Waals surface area contributed by atoms with Crippen LogP contribution in [0.5, 0.6) is 0 Å². The highest BCUT2D eigenvalue weighted by molar-refractivity contribution is 6.61. The number of hydrogen-bond donors (Lipinski definition) is 0. The smallest absolute Gasteiger partial charge is 0.400 e. The molecule has 1 aliphatic heterocycles. The third-order valence-electron chi connectivity index (χ3n) is 5.48. The van der Waals surface area contributed by atoms with Gasteiger partial charge in [-0.15, -0.1) is 0 Å². The molecule has 3 aromatic carbocycles. The molecule has 9 heteroatoms. The summed E-state index contributed by atoms with van der Waals surface area (Å²) in [5.41, 5.74) is 3.51. The highest BCUT2D eigenvalue weighted by Gasteiger charge is 2.40. The lowest BCUT2D eigenvalue weighted by molar-refractivity contribution is -0.386. The van der Waals surface area contributed by atoms with E-state index in [-0.39, 0.29) is 17.8 Å². The second-order valence-electron chi connectivity index (χ2n) is 7.87. The Morgan fingerprint density at radius 1 is 0.781 bits per heavy atom. The SMILES string of the molecule is Cc1cc(C)cc(B2OC(c3ccccc3[N+](=O)[O-])CC(c3ccccc3[N+](=O)[O-])O2)c1. The van der Waals surface area contributed by atoms with E-state index in [4.69, 9.17) is 9.31 Å². The first-order valence-corrected chi connectivity index (χ1v) is 10.2. The van der Waals surface area contributed by atoms with Gasteiger partial charge in [0.15, 0.2) is 0 Å². The van der Waals surface area contributed by atoms with Crippen LogP contribution in [0.2, 0.25) is 0 Å². The molecule has 0 aromatic heterocycles.